The van der Waals surface area contributed by atoms with Gasteiger partial charge in [0.2, 0.25) is 0 Å². The molecule has 0 saturated heterocycles. The molecule has 4 nitrogen and oxygen atoms in total. The topological polar surface area (TPSA) is 64.4 Å². The molecule has 1 aromatic carbocycles. The lowest BCUT2D eigenvalue weighted by Gasteiger charge is -2.29. The monoisotopic (exact) mass is 330 g/mol. The third-order valence-electron chi connectivity index (χ3n) is 5.67. The van der Waals surface area contributed by atoms with Gasteiger partial charge in [-0.15, -0.1) is 0 Å². The van der Waals surface area contributed by atoms with Crippen molar-refractivity contribution in [1.82, 2.24) is 0 Å². The molecule has 132 valence electrons. The fourth-order valence-electron chi connectivity index (χ4n) is 4.20. The summed E-state index contributed by atoms with van der Waals surface area (Å²) in [5, 5.41) is 3.66. The van der Waals surface area contributed by atoms with E-state index in [1.54, 1.807) is 0 Å². The van der Waals surface area contributed by atoms with E-state index in [0.29, 0.717) is 18.6 Å². The molecule has 2 fully saturated rings. The summed E-state index contributed by atoms with van der Waals surface area (Å²) in [6.07, 6.45) is 10.6. The molecule has 0 aromatic heterocycles. The minimum absolute atomic E-state index is 0.462. The smallest absolute Gasteiger partial charge is 0.404 e. The van der Waals surface area contributed by atoms with Crippen LogP contribution in [0.25, 0.3) is 0 Å². The van der Waals surface area contributed by atoms with Gasteiger partial charge < -0.3 is 15.8 Å². The average Bonchev–Trinajstić information content (AvgIpc) is 2.62. The molecule has 0 bridgehead atoms. The van der Waals surface area contributed by atoms with Crippen molar-refractivity contribution >= 4 is 11.8 Å². The number of rotatable bonds is 5. The van der Waals surface area contributed by atoms with E-state index in [-0.39, 0.29) is 0 Å². The van der Waals surface area contributed by atoms with Gasteiger partial charge in [0.05, 0.1) is 6.61 Å². The molecule has 1 aromatic rings. The van der Waals surface area contributed by atoms with Crippen LogP contribution in [0.1, 0.15) is 69.3 Å². The number of carbonyl (C=O) groups excluding carboxylic acids is 1. The zero-order valence-electron chi connectivity index (χ0n) is 14.5. The van der Waals surface area contributed by atoms with Crippen molar-refractivity contribution in [3.05, 3.63) is 29.8 Å². The van der Waals surface area contributed by atoms with Crippen molar-refractivity contribution in [2.24, 2.45) is 11.7 Å². The minimum Gasteiger partial charge on any atom is -0.449 e. The Hall–Kier alpha value is -1.71. The molecule has 24 heavy (non-hydrogen) atoms. The van der Waals surface area contributed by atoms with Crippen LogP contribution in [0.3, 0.4) is 0 Å². The number of nitrogens with one attached hydrogen (secondary N) is 1. The Bertz CT molecular complexity index is 515. The Morgan fingerprint density at radius 2 is 1.67 bits per heavy atom. The fourth-order valence-corrected chi connectivity index (χ4v) is 4.20. The van der Waals surface area contributed by atoms with Crippen molar-refractivity contribution in [3.63, 3.8) is 0 Å². The molecule has 2 aliphatic rings. The highest BCUT2D eigenvalue weighted by Crippen LogP contribution is 2.33. The van der Waals surface area contributed by atoms with E-state index in [9.17, 15) is 4.79 Å². The first kappa shape index (κ1) is 17.1. The molecular formula is C20H30N2O2. The Morgan fingerprint density at radius 1 is 1.00 bits per heavy atom. The molecule has 2 aliphatic carbocycles. The molecule has 0 aliphatic heterocycles. The second-order valence-corrected chi connectivity index (χ2v) is 7.45. The van der Waals surface area contributed by atoms with Crippen LogP contribution in [0.2, 0.25) is 0 Å². The van der Waals surface area contributed by atoms with Crippen molar-refractivity contribution in [2.45, 2.75) is 69.7 Å². The van der Waals surface area contributed by atoms with E-state index in [0.717, 1.165) is 31.6 Å². The van der Waals surface area contributed by atoms with Crippen LogP contribution in [0.5, 0.6) is 0 Å². The lowest BCUT2D eigenvalue weighted by atomic mass is 9.84. The largest absolute Gasteiger partial charge is 0.449 e. The highest BCUT2D eigenvalue weighted by molar-refractivity contribution is 5.64. The summed E-state index contributed by atoms with van der Waals surface area (Å²) in [7, 11) is 0. The van der Waals surface area contributed by atoms with Gasteiger partial charge in [0.25, 0.3) is 0 Å². The summed E-state index contributed by atoms with van der Waals surface area (Å²) in [5.74, 6) is 1.23. The summed E-state index contributed by atoms with van der Waals surface area (Å²) in [4.78, 5) is 10.7. The Balaban J connectivity index is 1.44. The first-order valence-electron chi connectivity index (χ1n) is 9.49. The van der Waals surface area contributed by atoms with Crippen LogP contribution < -0.4 is 11.1 Å². The van der Waals surface area contributed by atoms with Crippen LogP contribution in [0.15, 0.2) is 24.3 Å². The SMILES string of the molecule is NC(=O)OCC1CCC(Nc2ccc(C3CCCCC3)cc2)CC1. The van der Waals surface area contributed by atoms with Crippen LogP contribution in [0.4, 0.5) is 10.5 Å². The van der Waals surface area contributed by atoms with Gasteiger partial charge in [-0.05, 0) is 68.1 Å². The second kappa shape index (κ2) is 8.41. The first-order chi connectivity index (χ1) is 11.7. The second-order valence-electron chi connectivity index (χ2n) is 7.45. The molecule has 2 saturated carbocycles. The third-order valence-corrected chi connectivity index (χ3v) is 5.67. The predicted molar refractivity (Wildman–Crippen MR) is 97.2 cm³/mol. The maximum Gasteiger partial charge on any atom is 0.404 e. The highest BCUT2D eigenvalue weighted by atomic mass is 16.5. The molecule has 0 heterocycles. The van der Waals surface area contributed by atoms with Gasteiger partial charge in [0.15, 0.2) is 0 Å². The van der Waals surface area contributed by atoms with Crippen molar-refractivity contribution in [1.29, 1.82) is 0 Å². The van der Waals surface area contributed by atoms with E-state index in [4.69, 9.17) is 10.5 Å². The molecule has 0 atom stereocenters. The van der Waals surface area contributed by atoms with Gasteiger partial charge in [0.1, 0.15) is 0 Å². The van der Waals surface area contributed by atoms with Gasteiger partial charge in [-0.3, -0.25) is 0 Å². The summed E-state index contributed by atoms with van der Waals surface area (Å²) in [5.41, 5.74) is 7.77. The van der Waals surface area contributed by atoms with Gasteiger partial charge in [-0.1, -0.05) is 31.4 Å². The molecule has 3 N–H and O–H groups in total. The number of amides is 1. The van der Waals surface area contributed by atoms with Gasteiger partial charge >= 0.3 is 6.09 Å². The molecule has 0 radical (unpaired) electrons. The average molecular weight is 330 g/mol. The number of hydrogen-bond donors (Lipinski definition) is 2. The minimum atomic E-state index is -0.659. The molecule has 3 rings (SSSR count). The maximum absolute atomic E-state index is 10.7. The van der Waals surface area contributed by atoms with Crippen LogP contribution in [-0.2, 0) is 4.74 Å². The van der Waals surface area contributed by atoms with Crippen molar-refractivity contribution in [2.75, 3.05) is 11.9 Å². The first-order valence-corrected chi connectivity index (χ1v) is 9.49. The molecule has 0 spiro atoms. The molecule has 0 unspecified atom stereocenters. The third kappa shape index (κ3) is 4.89. The van der Waals surface area contributed by atoms with Crippen molar-refractivity contribution in [3.8, 4) is 0 Å². The maximum atomic E-state index is 10.7. The van der Waals surface area contributed by atoms with E-state index < -0.39 is 6.09 Å². The van der Waals surface area contributed by atoms with Crippen LogP contribution >= 0.6 is 0 Å². The zero-order chi connectivity index (χ0) is 16.8. The van der Waals surface area contributed by atoms with Gasteiger partial charge in [-0.2, -0.15) is 0 Å². The van der Waals surface area contributed by atoms with Crippen LogP contribution in [0, 0.1) is 5.92 Å². The summed E-state index contributed by atoms with van der Waals surface area (Å²) in [6.45, 7) is 0.470. The van der Waals surface area contributed by atoms with Crippen LogP contribution in [-0.4, -0.2) is 18.7 Å². The van der Waals surface area contributed by atoms with E-state index >= 15 is 0 Å². The summed E-state index contributed by atoms with van der Waals surface area (Å²) < 4.78 is 4.92. The number of benzene rings is 1. The molecule has 1 amide bonds. The number of primary amides is 1. The number of ether oxygens (including phenoxy) is 1. The Morgan fingerprint density at radius 3 is 2.29 bits per heavy atom. The summed E-state index contributed by atoms with van der Waals surface area (Å²) in [6, 6.07) is 9.63. The molecule has 4 heteroatoms. The molecular weight excluding hydrogens is 300 g/mol. The number of anilines is 1. The number of nitrogens with two attached hydrogens (primary N) is 1. The number of carbonyl (C=O) groups is 1. The highest BCUT2D eigenvalue weighted by Gasteiger charge is 2.22. The van der Waals surface area contributed by atoms with E-state index in [1.165, 1.54) is 43.4 Å². The quantitative estimate of drug-likeness (QED) is 0.815. The Labute approximate surface area is 145 Å². The lowest BCUT2D eigenvalue weighted by molar-refractivity contribution is 0.123. The lowest BCUT2D eigenvalue weighted by Crippen LogP contribution is -2.29. The standard InChI is InChI=1S/C20H30N2O2/c21-20(23)24-14-15-6-10-18(11-7-15)22-19-12-8-17(9-13-19)16-4-2-1-3-5-16/h8-9,12-13,15-16,18,22H,1-7,10-11,14H2,(H2,21,23). The Kier molecular flexibility index (Phi) is 6.00. The van der Waals surface area contributed by atoms with E-state index in [2.05, 4.69) is 29.6 Å². The zero-order valence-corrected chi connectivity index (χ0v) is 14.5. The summed E-state index contributed by atoms with van der Waals surface area (Å²) >= 11 is 0. The fraction of sp³-hybridized carbons (Fsp3) is 0.650. The van der Waals surface area contributed by atoms with Crippen molar-refractivity contribution < 1.29 is 9.53 Å². The van der Waals surface area contributed by atoms with Gasteiger partial charge in [-0.25, -0.2) is 4.79 Å². The normalized spacial score (nSPS) is 25.2. The van der Waals surface area contributed by atoms with E-state index in [1.807, 2.05) is 0 Å². The van der Waals surface area contributed by atoms with Gasteiger partial charge in [0, 0.05) is 11.7 Å². The number of hydrogen-bond acceptors (Lipinski definition) is 3. The predicted octanol–water partition coefficient (Wildman–Crippen LogP) is 4.80.